The van der Waals surface area contributed by atoms with E-state index in [0.29, 0.717) is 18.9 Å². The fraction of sp³-hybridized carbons (Fsp3) is 0.579. The van der Waals surface area contributed by atoms with Gasteiger partial charge in [-0.3, -0.25) is 4.79 Å². The summed E-state index contributed by atoms with van der Waals surface area (Å²) in [4.78, 5) is 14.9. The van der Waals surface area contributed by atoms with E-state index >= 15 is 0 Å². The van der Waals surface area contributed by atoms with Crippen LogP contribution in [0.4, 0.5) is 11.4 Å². The number of morpholine rings is 1. The highest BCUT2D eigenvalue weighted by Crippen LogP contribution is 2.36. The smallest absolute Gasteiger partial charge is 0.244 e. The van der Waals surface area contributed by atoms with E-state index in [1.807, 2.05) is 24.3 Å². The van der Waals surface area contributed by atoms with Gasteiger partial charge < -0.3 is 15.0 Å². The van der Waals surface area contributed by atoms with Crippen molar-refractivity contribution >= 4 is 17.3 Å². The lowest BCUT2D eigenvalue weighted by atomic mass is 9.74. The van der Waals surface area contributed by atoms with Crippen LogP contribution in [0.5, 0.6) is 0 Å². The third-order valence-electron chi connectivity index (χ3n) is 5.18. The number of nitriles is 1. The molecule has 24 heavy (non-hydrogen) atoms. The zero-order chi connectivity index (χ0) is 17.0. The first kappa shape index (κ1) is 16.8. The largest absolute Gasteiger partial charge is 0.377 e. The first-order valence-electron chi connectivity index (χ1n) is 8.82. The second kappa shape index (κ2) is 7.23. The van der Waals surface area contributed by atoms with Crippen LogP contribution in [-0.2, 0) is 9.53 Å². The molecule has 2 aliphatic rings. The van der Waals surface area contributed by atoms with Crippen LogP contribution >= 0.6 is 0 Å². The molecule has 1 aromatic rings. The van der Waals surface area contributed by atoms with E-state index < -0.39 is 5.41 Å². The SMILES string of the molecule is CC1COCCN1c1ccc(NC(=O)C2(C#N)CCCCC2)cc1. The zero-order valence-corrected chi connectivity index (χ0v) is 14.3. The van der Waals surface area contributed by atoms with Gasteiger partial charge in [-0.05, 0) is 44.0 Å². The number of rotatable bonds is 3. The molecule has 5 heteroatoms. The average molecular weight is 327 g/mol. The minimum absolute atomic E-state index is 0.155. The van der Waals surface area contributed by atoms with E-state index in [9.17, 15) is 10.1 Å². The van der Waals surface area contributed by atoms with E-state index in [-0.39, 0.29) is 5.91 Å². The average Bonchev–Trinajstić information content (AvgIpc) is 2.63. The molecule has 1 amide bonds. The fourth-order valence-corrected chi connectivity index (χ4v) is 3.64. The van der Waals surface area contributed by atoms with Crippen LogP contribution in [0.1, 0.15) is 39.0 Å². The summed E-state index contributed by atoms with van der Waals surface area (Å²) in [5.74, 6) is -0.155. The van der Waals surface area contributed by atoms with Crippen molar-refractivity contribution in [1.29, 1.82) is 5.26 Å². The van der Waals surface area contributed by atoms with E-state index in [1.54, 1.807) is 0 Å². The van der Waals surface area contributed by atoms with Crippen LogP contribution in [0.25, 0.3) is 0 Å². The van der Waals surface area contributed by atoms with Crippen LogP contribution in [0.15, 0.2) is 24.3 Å². The first-order valence-corrected chi connectivity index (χ1v) is 8.82. The zero-order valence-electron chi connectivity index (χ0n) is 14.3. The predicted molar refractivity (Wildman–Crippen MR) is 93.8 cm³/mol. The van der Waals surface area contributed by atoms with Gasteiger partial charge in [0.05, 0.1) is 19.3 Å². The highest BCUT2D eigenvalue weighted by Gasteiger charge is 2.39. The summed E-state index contributed by atoms with van der Waals surface area (Å²) in [6.45, 7) is 4.51. The molecule has 0 aromatic heterocycles. The van der Waals surface area contributed by atoms with Crippen LogP contribution in [-0.4, -0.2) is 31.7 Å². The van der Waals surface area contributed by atoms with Gasteiger partial charge in [0.2, 0.25) is 5.91 Å². The maximum Gasteiger partial charge on any atom is 0.244 e. The molecule has 1 N–H and O–H groups in total. The Bertz CT molecular complexity index is 614. The van der Waals surface area contributed by atoms with Crippen molar-refractivity contribution in [2.45, 2.75) is 45.1 Å². The lowest BCUT2D eigenvalue weighted by Crippen LogP contribution is -2.43. The van der Waals surface area contributed by atoms with Gasteiger partial charge in [0.1, 0.15) is 5.41 Å². The monoisotopic (exact) mass is 327 g/mol. The number of hydrogen-bond acceptors (Lipinski definition) is 4. The third kappa shape index (κ3) is 3.39. The Morgan fingerprint density at radius 2 is 2.00 bits per heavy atom. The van der Waals surface area contributed by atoms with Gasteiger partial charge in [-0.1, -0.05) is 19.3 Å². The molecular weight excluding hydrogens is 302 g/mol. The maximum atomic E-state index is 12.6. The number of amides is 1. The Balaban J connectivity index is 1.67. The van der Waals surface area contributed by atoms with Crippen molar-refractivity contribution in [3.8, 4) is 6.07 Å². The van der Waals surface area contributed by atoms with Crippen molar-refractivity contribution in [2.24, 2.45) is 5.41 Å². The van der Waals surface area contributed by atoms with Gasteiger partial charge in [-0.2, -0.15) is 5.26 Å². The third-order valence-corrected chi connectivity index (χ3v) is 5.18. The Labute approximate surface area is 143 Å². The molecule has 1 unspecified atom stereocenters. The summed E-state index contributed by atoms with van der Waals surface area (Å²) < 4.78 is 5.47. The Kier molecular flexibility index (Phi) is 5.06. The van der Waals surface area contributed by atoms with Crippen LogP contribution < -0.4 is 10.2 Å². The van der Waals surface area contributed by atoms with Crippen molar-refractivity contribution < 1.29 is 9.53 Å². The quantitative estimate of drug-likeness (QED) is 0.925. The second-order valence-corrected chi connectivity index (χ2v) is 6.87. The van der Waals surface area contributed by atoms with E-state index in [4.69, 9.17) is 4.74 Å². The summed E-state index contributed by atoms with van der Waals surface area (Å²) >= 11 is 0. The summed E-state index contributed by atoms with van der Waals surface area (Å²) in [6, 6.07) is 10.5. The normalized spacial score (nSPS) is 23.3. The molecule has 128 valence electrons. The summed E-state index contributed by atoms with van der Waals surface area (Å²) in [6.07, 6.45) is 4.35. The van der Waals surface area contributed by atoms with Crippen molar-refractivity contribution in [3.63, 3.8) is 0 Å². The standard InChI is InChI=1S/C19H25N3O2/c1-15-13-24-12-11-22(15)17-7-5-16(6-8-17)21-18(23)19(14-20)9-3-2-4-10-19/h5-8,15H,2-4,9-13H2,1H3,(H,21,23). The number of carbonyl (C=O) groups excluding carboxylic acids is 1. The van der Waals surface area contributed by atoms with Crippen LogP contribution in [0.2, 0.25) is 0 Å². The van der Waals surface area contributed by atoms with Gasteiger partial charge in [-0.15, -0.1) is 0 Å². The number of benzene rings is 1. The molecule has 1 saturated heterocycles. The molecular formula is C19H25N3O2. The van der Waals surface area contributed by atoms with E-state index in [0.717, 1.165) is 50.4 Å². The molecule has 0 radical (unpaired) electrons. The Morgan fingerprint density at radius 3 is 2.62 bits per heavy atom. The number of ether oxygens (including phenoxy) is 1. The van der Waals surface area contributed by atoms with Gasteiger partial charge >= 0.3 is 0 Å². The Morgan fingerprint density at radius 1 is 1.29 bits per heavy atom. The van der Waals surface area contributed by atoms with Crippen molar-refractivity contribution in [2.75, 3.05) is 30.0 Å². The Hall–Kier alpha value is -2.06. The molecule has 1 aliphatic heterocycles. The van der Waals surface area contributed by atoms with Crippen molar-refractivity contribution in [3.05, 3.63) is 24.3 Å². The molecule has 2 fully saturated rings. The molecule has 5 nitrogen and oxygen atoms in total. The minimum atomic E-state index is -0.852. The second-order valence-electron chi connectivity index (χ2n) is 6.87. The highest BCUT2D eigenvalue weighted by atomic mass is 16.5. The number of anilines is 2. The van der Waals surface area contributed by atoms with Gasteiger partial charge in [-0.25, -0.2) is 0 Å². The molecule has 3 rings (SSSR count). The van der Waals surface area contributed by atoms with Crippen LogP contribution in [0, 0.1) is 16.7 Å². The molecule has 1 saturated carbocycles. The summed E-state index contributed by atoms with van der Waals surface area (Å²) in [5.41, 5.74) is 1.04. The highest BCUT2D eigenvalue weighted by molar-refractivity contribution is 5.97. The van der Waals surface area contributed by atoms with Gasteiger partial charge in [0.25, 0.3) is 0 Å². The molecule has 1 heterocycles. The first-order chi connectivity index (χ1) is 11.6. The van der Waals surface area contributed by atoms with E-state index in [1.165, 1.54) is 0 Å². The maximum absolute atomic E-state index is 12.6. The molecule has 0 spiro atoms. The summed E-state index contributed by atoms with van der Waals surface area (Å²) in [7, 11) is 0. The molecule has 1 aromatic carbocycles. The molecule has 1 atom stereocenters. The predicted octanol–water partition coefficient (Wildman–Crippen LogP) is 3.32. The van der Waals surface area contributed by atoms with Gasteiger partial charge in [0, 0.05) is 24.0 Å². The molecule has 0 bridgehead atoms. The number of hydrogen-bond donors (Lipinski definition) is 1. The lowest BCUT2D eigenvalue weighted by molar-refractivity contribution is -0.124. The van der Waals surface area contributed by atoms with Crippen molar-refractivity contribution in [1.82, 2.24) is 0 Å². The molecule has 1 aliphatic carbocycles. The summed E-state index contributed by atoms with van der Waals surface area (Å²) in [5, 5.41) is 12.4. The van der Waals surface area contributed by atoms with Crippen LogP contribution in [0.3, 0.4) is 0 Å². The van der Waals surface area contributed by atoms with Gasteiger partial charge in [0.15, 0.2) is 0 Å². The lowest BCUT2D eigenvalue weighted by Gasteiger charge is -2.35. The number of nitrogens with zero attached hydrogens (tertiary/aromatic N) is 2. The topological polar surface area (TPSA) is 65.4 Å². The number of carbonyl (C=O) groups is 1. The minimum Gasteiger partial charge on any atom is -0.377 e. The fourth-order valence-electron chi connectivity index (χ4n) is 3.64. The number of nitrogens with one attached hydrogen (secondary N) is 1. The van der Waals surface area contributed by atoms with E-state index in [2.05, 4.69) is 23.2 Å².